The van der Waals surface area contributed by atoms with Gasteiger partial charge in [-0.3, -0.25) is 9.98 Å². The molecule has 0 aliphatic rings. The largest absolute Gasteiger partial charge is 0.255 e. The van der Waals surface area contributed by atoms with Crippen LogP contribution in [-0.4, -0.2) is 12.4 Å². The van der Waals surface area contributed by atoms with E-state index in [1.165, 1.54) is 80.0 Å². The minimum atomic E-state index is 0.125. The first-order valence-electron chi connectivity index (χ1n) is 17.9. The molecule has 0 aliphatic carbocycles. The fourth-order valence-corrected chi connectivity index (χ4v) is 10.4. The van der Waals surface area contributed by atoms with E-state index in [4.69, 9.17) is 9.98 Å². The Balaban J connectivity index is 0.925. The molecule has 0 spiro atoms. The number of hydrogen-bond donors (Lipinski definition) is 0. The lowest BCUT2D eigenvalue weighted by molar-refractivity contribution is 1.04. The molecule has 0 bridgehead atoms. The first-order chi connectivity index (χ1) is 26.2. The zero-order chi connectivity index (χ0) is 34.9. The second kappa shape index (κ2) is 12.2. The average molecular weight is 711 g/mol. The van der Waals surface area contributed by atoms with Gasteiger partial charge < -0.3 is 0 Å². The Morgan fingerprint density at radius 2 is 0.774 bits per heavy atom. The Labute approximate surface area is 314 Å². The van der Waals surface area contributed by atoms with Crippen LogP contribution in [0, 0.1) is 0 Å². The van der Waals surface area contributed by atoms with Crippen molar-refractivity contribution in [3.63, 3.8) is 0 Å². The lowest BCUT2D eigenvalue weighted by Crippen LogP contribution is -1.98. The highest BCUT2D eigenvalue weighted by Gasteiger charge is 2.21. The molecule has 4 heteroatoms. The standard InChI is InChI=1S/C49H30N2S2/c1-2-6-30(7-3-1)49(43-26-20-37(52-43)28-50-41-24-18-35-14-12-31-8-4-10-33-16-22-39(41)47(35)45(31)33)44-27-21-38(53-44)29-51-42-25-19-36-15-13-32-9-5-11-34-17-23-40(42)48(36)46(32)34/h1-29,49H. The van der Waals surface area contributed by atoms with Gasteiger partial charge in [0, 0.05) is 42.7 Å². The normalized spacial score (nSPS) is 13.1. The Morgan fingerprint density at radius 1 is 0.358 bits per heavy atom. The van der Waals surface area contributed by atoms with Crippen molar-refractivity contribution in [3.05, 3.63) is 189 Å². The SMILES string of the molecule is C(=Nc1ccc2ccc3cccc4ccc1c2c34)c1ccc(C(c2ccccc2)c2ccc(C=Nc3ccc4ccc5cccc6ccc3c4c56)s2)s1. The van der Waals surface area contributed by atoms with Crippen molar-refractivity contribution in [1.82, 2.24) is 0 Å². The molecule has 53 heavy (non-hydrogen) atoms. The first-order valence-corrected chi connectivity index (χ1v) is 19.5. The number of benzene rings is 9. The molecule has 2 nitrogen and oxygen atoms in total. The monoisotopic (exact) mass is 710 g/mol. The Hall–Kier alpha value is -6.20. The van der Waals surface area contributed by atoms with Crippen LogP contribution < -0.4 is 0 Å². The fraction of sp³-hybridized carbons (Fsp3) is 0.0204. The highest BCUT2D eigenvalue weighted by molar-refractivity contribution is 7.15. The van der Waals surface area contributed by atoms with Gasteiger partial charge in [0.25, 0.3) is 0 Å². The number of rotatable bonds is 7. The van der Waals surface area contributed by atoms with E-state index < -0.39 is 0 Å². The fourth-order valence-electron chi connectivity index (χ4n) is 8.23. The van der Waals surface area contributed by atoms with Crippen LogP contribution in [0.15, 0.2) is 174 Å². The zero-order valence-electron chi connectivity index (χ0n) is 28.5. The predicted molar refractivity (Wildman–Crippen MR) is 231 cm³/mol. The smallest absolute Gasteiger partial charge is 0.0709 e. The third-order valence-corrected chi connectivity index (χ3v) is 12.8. The Kier molecular flexibility index (Phi) is 7.00. The average Bonchev–Trinajstić information content (AvgIpc) is 3.88. The molecular weight excluding hydrogens is 681 g/mol. The summed E-state index contributed by atoms with van der Waals surface area (Å²) in [5, 5.41) is 15.2. The highest BCUT2D eigenvalue weighted by Crippen LogP contribution is 2.42. The van der Waals surface area contributed by atoms with Gasteiger partial charge in [-0.1, -0.05) is 127 Å². The summed E-state index contributed by atoms with van der Waals surface area (Å²) in [7, 11) is 0. The van der Waals surface area contributed by atoms with E-state index in [-0.39, 0.29) is 5.92 Å². The van der Waals surface area contributed by atoms with Crippen molar-refractivity contribution in [2.45, 2.75) is 5.92 Å². The van der Waals surface area contributed by atoms with Crippen molar-refractivity contribution in [3.8, 4) is 0 Å². The lowest BCUT2D eigenvalue weighted by atomic mass is 9.94. The summed E-state index contributed by atoms with van der Waals surface area (Å²) < 4.78 is 0. The van der Waals surface area contributed by atoms with Gasteiger partial charge in [-0.25, -0.2) is 0 Å². The molecule has 0 unspecified atom stereocenters. The molecule has 0 saturated heterocycles. The summed E-state index contributed by atoms with van der Waals surface area (Å²) in [5.74, 6) is 0.125. The van der Waals surface area contributed by atoms with Crippen LogP contribution in [0.3, 0.4) is 0 Å². The van der Waals surface area contributed by atoms with Crippen LogP contribution >= 0.6 is 22.7 Å². The van der Waals surface area contributed by atoms with Crippen LogP contribution in [-0.2, 0) is 0 Å². The van der Waals surface area contributed by atoms with Gasteiger partial charge >= 0.3 is 0 Å². The minimum Gasteiger partial charge on any atom is -0.255 e. The topological polar surface area (TPSA) is 24.7 Å². The van der Waals surface area contributed by atoms with E-state index in [1.807, 2.05) is 35.1 Å². The third kappa shape index (κ3) is 5.06. The molecule has 0 amide bonds. The highest BCUT2D eigenvalue weighted by atomic mass is 32.1. The molecule has 2 aromatic heterocycles. The number of hydrogen-bond acceptors (Lipinski definition) is 4. The maximum atomic E-state index is 5.08. The summed E-state index contributed by atoms with van der Waals surface area (Å²) in [6.45, 7) is 0. The molecule has 11 aromatic rings. The summed E-state index contributed by atoms with van der Waals surface area (Å²) in [6, 6.07) is 59.4. The zero-order valence-corrected chi connectivity index (χ0v) is 30.2. The molecular formula is C49H30N2S2. The van der Waals surface area contributed by atoms with E-state index in [1.54, 1.807) is 0 Å². The minimum absolute atomic E-state index is 0.125. The quantitative estimate of drug-likeness (QED) is 0.116. The Morgan fingerprint density at radius 3 is 1.25 bits per heavy atom. The van der Waals surface area contributed by atoms with Crippen LogP contribution in [0.1, 0.15) is 31.0 Å². The van der Waals surface area contributed by atoms with Gasteiger partial charge in [0.2, 0.25) is 0 Å². The van der Waals surface area contributed by atoms with Crippen LogP contribution in [0.4, 0.5) is 11.4 Å². The molecule has 0 fully saturated rings. The number of nitrogens with zero attached hydrogens (tertiary/aromatic N) is 2. The van der Waals surface area contributed by atoms with Gasteiger partial charge in [-0.05, 0) is 95.8 Å². The maximum absolute atomic E-state index is 5.08. The van der Waals surface area contributed by atoms with E-state index in [0.717, 1.165) is 21.1 Å². The van der Waals surface area contributed by atoms with Crippen molar-refractivity contribution in [1.29, 1.82) is 0 Å². The third-order valence-electron chi connectivity index (χ3n) is 10.7. The van der Waals surface area contributed by atoms with Crippen molar-refractivity contribution in [2.24, 2.45) is 9.98 Å². The van der Waals surface area contributed by atoms with E-state index >= 15 is 0 Å². The molecule has 0 radical (unpaired) electrons. The number of thiophene rings is 2. The van der Waals surface area contributed by atoms with Crippen LogP contribution in [0.2, 0.25) is 0 Å². The Bertz CT molecular complexity index is 2960. The molecule has 11 rings (SSSR count). The summed E-state index contributed by atoms with van der Waals surface area (Å²) in [5.41, 5.74) is 3.27. The molecule has 2 heterocycles. The molecule has 248 valence electrons. The maximum Gasteiger partial charge on any atom is 0.0709 e. The number of aliphatic imine (C=N–C) groups is 2. The van der Waals surface area contributed by atoms with Crippen molar-refractivity contribution in [2.75, 3.05) is 0 Å². The molecule has 0 atom stereocenters. The lowest BCUT2D eigenvalue weighted by Gasteiger charge is -2.14. The molecule has 9 aromatic carbocycles. The van der Waals surface area contributed by atoms with Crippen LogP contribution in [0.5, 0.6) is 0 Å². The van der Waals surface area contributed by atoms with Crippen molar-refractivity contribution < 1.29 is 0 Å². The van der Waals surface area contributed by atoms with Gasteiger partial charge in [0.1, 0.15) is 0 Å². The second-order valence-electron chi connectivity index (χ2n) is 13.7. The van der Waals surface area contributed by atoms with E-state index in [2.05, 4.69) is 164 Å². The molecule has 0 aliphatic heterocycles. The molecule has 0 N–H and O–H groups in total. The van der Waals surface area contributed by atoms with E-state index in [9.17, 15) is 0 Å². The van der Waals surface area contributed by atoms with Gasteiger partial charge in [-0.2, -0.15) is 0 Å². The van der Waals surface area contributed by atoms with Gasteiger partial charge in [0.15, 0.2) is 0 Å². The summed E-state index contributed by atoms with van der Waals surface area (Å²) >= 11 is 3.62. The summed E-state index contributed by atoms with van der Waals surface area (Å²) in [6.07, 6.45) is 4.07. The summed E-state index contributed by atoms with van der Waals surface area (Å²) in [4.78, 5) is 15.0. The van der Waals surface area contributed by atoms with Crippen LogP contribution in [0.25, 0.3) is 64.6 Å². The molecule has 0 saturated carbocycles. The second-order valence-corrected chi connectivity index (χ2v) is 16.0. The van der Waals surface area contributed by atoms with Gasteiger partial charge in [-0.15, -0.1) is 22.7 Å². The predicted octanol–water partition coefficient (Wildman–Crippen LogP) is 14.3. The van der Waals surface area contributed by atoms with E-state index in [0.29, 0.717) is 0 Å². The first kappa shape index (κ1) is 30.4. The van der Waals surface area contributed by atoms with Crippen molar-refractivity contribution >= 4 is 111 Å². The van der Waals surface area contributed by atoms with Gasteiger partial charge in [0.05, 0.1) is 17.3 Å².